The maximum absolute atomic E-state index is 13.3. The van der Waals surface area contributed by atoms with E-state index in [1.807, 2.05) is 0 Å². The minimum absolute atomic E-state index is 0.0478. The summed E-state index contributed by atoms with van der Waals surface area (Å²) in [5.41, 5.74) is 0.153. The zero-order chi connectivity index (χ0) is 15.0. The lowest BCUT2D eigenvalue weighted by Crippen LogP contribution is -2.39. The molecule has 0 spiro atoms. The van der Waals surface area contributed by atoms with Crippen LogP contribution in [0, 0.1) is 5.82 Å². The van der Waals surface area contributed by atoms with Crippen LogP contribution < -0.4 is 16.0 Å². The monoisotopic (exact) mass is 282 g/mol. The van der Waals surface area contributed by atoms with Gasteiger partial charge in [0.25, 0.3) is 0 Å². The molecule has 0 aliphatic carbocycles. The Balaban J connectivity index is 2.18. The Labute approximate surface area is 117 Å². The summed E-state index contributed by atoms with van der Waals surface area (Å²) >= 11 is 0. The van der Waals surface area contributed by atoms with Crippen LogP contribution in [0.2, 0.25) is 0 Å². The van der Waals surface area contributed by atoms with Crippen molar-refractivity contribution in [2.24, 2.45) is 0 Å². The second-order valence-electron chi connectivity index (χ2n) is 4.33. The number of para-hydroxylation sites is 1. The number of nitrogens with zero attached hydrogens (tertiary/aromatic N) is 1. The van der Waals surface area contributed by atoms with E-state index in [2.05, 4.69) is 16.0 Å². The molecule has 0 saturated carbocycles. The molecular weight excluding hydrogens is 263 g/mol. The Morgan fingerprint density at radius 1 is 1.20 bits per heavy atom. The first-order valence-electron chi connectivity index (χ1n) is 6.21. The fourth-order valence-electron chi connectivity index (χ4n) is 1.37. The summed E-state index contributed by atoms with van der Waals surface area (Å²) in [7, 11) is 3.29. The van der Waals surface area contributed by atoms with Crippen molar-refractivity contribution in [3.05, 3.63) is 30.1 Å². The molecule has 7 heteroatoms. The van der Waals surface area contributed by atoms with Gasteiger partial charge in [0.15, 0.2) is 0 Å². The van der Waals surface area contributed by atoms with Gasteiger partial charge in [-0.15, -0.1) is 0 Å². The van der Waals surface area contributed by atoms with E-state index in [-0.39, 0.29) is 24.2 Å². The largest absolute Gasteiger partial charge is 0.337 e. The number of amides is 3. The molecule has 0 atom stereocenters. The average Bonchev–Trinajstić information content (AvgIpc) is 2.40. The van der Waals surface area contributed by atoms with Crippen molar-refractivity contribution < 1.29 is 14.0 Å². The smallest absolute Gasteiger partial charge is 0.316 e. The molecule has 0 radical (unpaired) electrons. The van der Waals surface area contributed by atoms with Crippen LogP contribution in [0.1, 0.15) is 0 Å². The highest BCUT2D eigenvalue weighted by atomic mass is 19.1. The number of hydrogen-bond donors (Lipinski definition) is 3. The number of halogens is 1. The van der Waals surface area contributed by atoms with E-state index in [0.717, 1.165) is 0 Å². The van der Waals surface area contributed by atoms with Crippen LogP contribution in [-0.2, 0) is 4.79 Å². The van der Waals surface area contributed by atoms with E-state index in [4.69, 9.17) is 0 Å². The molecule has 6 nitrogen and oxygen atoms in total. The first-order chi connectivity index (χ1) is 9.50. The van der Waals surface area contributed by atoms with Crippen molar-refractivity contribution in [3.63, 3.8) is 0 Å². The van der Waals surface area contributed by atoms with E-state index < -0.39 is 5.82 Å². The van der Waals surface area contributed by atoms with Crippen molar-refractivity contribution in [2.45, 2.75) is 0 Å². The SMILES string of the molecule is CN(C)C(=O)NCCNCC(=O)Nc1ccccc1F. The first-order valence-corrected chi connectivity index (χ1v) is 6.21. The van der Waals surface area contributed by atoms with Crippen LogP contribution in [0.4, 0.5) is 14.9 Å². The molecule has 0 saturated heterocycles. The highest BCUT2D eigenvalue weighted by molar-refractivity contribution is 5.92. The third-order valence-corrected chi connectivity index (χ3v) is 2.42. The Kier molecular flexibility index (Phi) is 6.45. The topological polar surface area (TPSA) is 73.5 Å². The average molecular weight is 282 g/mol. The first kappa shape index (κ1) is 15.9. The van der Waals surface area contributed by atoms with Gasteiger partial charge in [-0.05, 0) is 12.1 Å². The van der Waals surface area contributed by atoms with Gasteiger partial charge < -0.3 is 20.9 Å². The van der Waals surface area contributed by atoms with Crippen molar-refractivity contribution >= 4 is 17.6 Å². The Morgan fingerprint density at radius 2 is 1.90 bits per heavy atom. The van der Waals surface area contributed by atoms with E-state index >= 15 is 0 Å². The van der Waals surface area contributed by atoms with Crippen molar-refractivity contribution in [2.75, 3.05) is 39.0 Å². The maximum atomic E-state index is 13.3. The minimum Gasteiger partial charge on any atom is -0.337 e. The zero-order valence-electron chi connectivity index (χ0n) is 11.6. The van der Waals surface area contributed by atoms with Gasteiger partial charge >= 0.3 is 6.03 Å². The van der Waals surface area contributed by atoms with Gasteiger partial charge in [0.1, 0.15) is 5.82 Å². The Hall–Kier alpha value is -2.15. The third-order valence-electron chi connectivity index (χ3n) is 2.42. The molecule has 3 amide bonds. The molecular formula is C13H19FN4O2. The molecule has 0 aromatic heterocycles. The van der Waals surface area contributed by atoms with Crippen LogP contribution in [0.15, 0.2) is 24.3 Å². The summed E-state index contributed by atoms with van der Waals surface area (Å²) in [6.07, 6.45) is 0. The molecule has 0 fully saturated rings. The van der Waals surface area contributed by atoms with Gasteiger partial charge in [-0.25, -0.2) is 9.18 Å². The summed E-state index contributed by atoms with van der Waals surface area (Å²) < 4.78 is 13.3. The highest BCUT2D eigenvalue weighted by Gasteiger charge is 2.06. The van der Waals surface area contributed by atoms with Gasteiger partial charge in [0, 0.05) is 27.2 Å². The molecule has 0 aliphatic rings. The number of carbonyl (C=O) groups excluding carboxylic acids is 2. The summed E-state index contributed by atoms with van der Waals surface area (Å²) in [6, 6.07) is 5.77. The second kappa shape index (κ2) is 8.11. The molecule has 0 unspecified atom stereocenters. The lowest BCUT2D eigenvalue weighted by atomic mass is 10.3. The summed E-state index contributed by atoms with van der Waals surface area (Å²) in [4.78, 5) is 24.1. The summed E-state index contributed by atoms with van der Waals surface area (Å²) in [5, 5.41) is 7.95. The highest BCUT2D eigenvalue weighted by Crippen LogP contribution is 2.11. The lowest BCUT2D eigenvalue weighted by Gasteiger charge is -2.12. The molecule has 3 N–H and O–H groups in total. The number of hydrogen-bond acceptors (Lipinski definition) is 3. The van der Waals surface area contributed by atoms with Gasteiger partial charge in [-0.3, -0.25) is 4.79 Å². The predicted octanol–water partition coefficient (Wildman–Crippen LogP) is 0.625. The number of benzene rings is 1. The summed E-state index contributed by atoms with van der Waals surface area (Å²) in [6.45, 7) is 0.903. The second-order valence-corrected chi connectivity index (χ2v) is 4.33. The van der Waals surface area contributed by atoms with Crippen LogP contribution in [0.3, 0.4) is 0 Å². The fraction of sp³-hybridized carbons (Fsp3) is 0.385. The van der Waals surface area contributed by atoms with Crippen LogP contribution in [0.5, 0.6) is 0 Å². The van der Waals surface area contributed by atoms with Crippen LogP contribution >= 0.6 is 0 Å². The zero-order valence-corrected chi connectivity index (χ0v) is 11.6. The number of anilines is 1. The molecule has 0 heterocycles. The molecule has 1 aromatic carbocycles. The van der Waals surface area contributed by atoms with Crippen molar-refractivity contribution in [1.82, 2.24) is 15.5 Å². The van der Waals surface area contributed by atoms with E-state index in [1.54, 1.807) is 26.2 Å². The quantitative estimate of drug-likeness (QED) is 0.670. The minimum atomic E-state index is -0.473. The molecule has 110 valence electrons. The van der Waals surface area contributed by atoms with Gasteiger partial charge in [-0.2, -0.15) is 0 Å². The Morgan fingerprint density at radius 3 is 2.55 bits per heavy atom. The number of carbonyl (C=O) groups is 2. The predicted molar refractivity (Wildman–Crippen MR) is 75.0 cm³/mol. The van der Waals surface area contributed by atoms with E-state index in [0.29, 0.717) is 13.1 Å². The normalized spacial score (nSPS) is 9.95. The van der Waals surface area contributed by atoms with Gasteiger partial charge in [-0.1, -0.05) is 12.1 Å². The fourth-order valence-corrected chi connectivity index (χ4v) is 1.37. The number of nitrogens with one attached hydrogen (secondary N) is 3. The van der Waals surface area contributed by atoms with Crippen LogP contribution in [-0.4, -0.2) is 50.6 Å². The number of rotatable bonds is 6. The summed E-state index contributed by atoms with van der Waals surface area (Å²) in [5.74, 6) is -0.812. The van der Waals surface area contributed by atoms with E-state index in [1.165, 1.54) is 17.0 Å². The Bertz CT molecular complexity index is 465. The molecule has 20 heavy (non-hydrogen) atoms. The molecule has 1 aromatic rings. The molecule has 1 rings (SSSR count). The maximum Gasteiger partial charge on any atom is 0.316 e. The third kappa shape index (κ3) is 5.66. The lowest BCUT2D eigenvalue weighted by molar-refractivity contribution is -0.115. The van der Waals surface area contributed by atoms with Crippen LogP contribution in [0.25, 0.3) is 0 Å². The molecule has 0 bridgehead atoms. The van der Waals surface area contributed by atoms with Gasteiger partial charge in [0.05, 0.1) is 12.2 Å². The van der Waals surface area contributed by atoms with Crippen molar-refractivity contribution in [1.29, 1.82) is 0 Å². The van der Waals surface area contributed by atoms with E-state index in [9.17, 15) is 14.0 Å². The molecule has 0 aliphatic heterocycles. The number of urea groups is 1. The van der Waals surface area contributed by atoms with Crippen molar-refractivity contribution in [3.8, 4) is 0 Å². The van der Waals surface area contributed by atoms with Gasteiger partial charge in [0.2, 0.25) is 5.91 Å². The standard InChI is InChI=1S/C13H19FN4O2/c1-18(2)13(20)16-8-7-15-9-12(19)17-11-6-4-3-5-10(11)14/h3-6,15H,7-9H2,1-2H3,(H,16,20)(H,17,19).